The molecule has 0 spiro atoms. The van der Waals surface area contributed by atoms with Crippen molar-refractivity contribution in [2.24, 2.45) is 4.99 Å². The molecule has 0 aliphatic carbocycles. The summed E-state index contributed by atoms with van der Waals surface area (Å²) in [6.45, 7) is 3.65. The van der Waals surface area contributed by atoms with Gasteiger partial charge in [0.25, 0.3) is 0 Å². The fourth-order valence-corrected chi connectivity index (χ4v) is 2.59. The van der Waals surface area contributed by atoms with Crippen LogP contribution in [0.2, 0.25) is 0 Å². The van der Waals surface area contributed by atoms with Gasteiger partial charge in [-0.2, -0.15) is 0 Å². The molecule has 2 rings (SSSR count). The van der Waals surface area contributed by atoms with Crippen LogP contribution in [0, 0.1) is 6.92 Å². The summed E-state index contributed by atoms with van der Waals surface area (Å²) in [5, 5.41) is 0. The molecule has 0 aromatic heterocycles. The second-order valence-electron chi connectivity index (χ2n) is 4.79. The zero-order chi connectivity index (χ0) is 14.5. The summed E-state index contributed by atoms with van der Waals surface area (Å²) in [4.78, 5) is 15.9. The number of ketones is 1. The molecule has 0 amide bonds. The van der Waals surface area contributed by atoms with Crippen LogP contribution in [-0.4, -0.2) is 26.4 Å². The standard InChI is InChI=1S/C17H16NOSe/c1-12-7-9-15(10-8-12)18-17(20)16-6-4-3-5-14(16)11-13(2)19/h3-10H,11H2,1-2H3. The fourth-order valence-electron chi connectivity index (χ4n) is 1.95. The maximum absolute atomic E-state index is 11.3. The zero-order valence-electron chi connectivity index (χ0n) is 11.6. The Morgan fingerprint density at radius 2 is 1.75 bits per heavy atom. The van der Waals surface area contributed by atoms with Crippen molar-refractivity contribution in [2.45, 2.75) is 20.3 Å². The molecule has 0 unspecified atom stereocenters. The first-order chi connectivity index (χ1) is 9.56. The average molecular weight is 329 g/mol. The molecule has 2 aromatic carbocycles. The van der Waals surface area contributed by atoms with E-state index in [0.717, 1.165) is 21.4 Å². The van der Waals surface area contributed by atoms with Crippen molar-refractivity contribution >= 4 is 32.1 Å². The third-order valence-electron chi connectivity index (χ3n) is 2.95. The molecule has 1 radical (unpaired) electrons. The van der Waals surface area contributed by atoms with Gasteiger partial charge in [-0.25, -0.2) is 0 Å². The van der Waals surface area contributed by atoms with Crippen molar-refractivity contribution in [3.05, 3.63) is 65.2 Å². The maximum atomic E-state index is 11.3. The predicted molar refractivity (Wildman–Crippen MR) is 84.0 cm³/mol. The summed E-state index contributed by atoms with van der Waals surface area (Å²) in [5.41, 5.74) is 4.11. The van der Waals surface area contributed by atoms with Gasteiger partial charge in [-0.3, -0.25) is 0 Å². The first kappa shape index (κ1) is 14.7. The number of hydrogen-bond acceptors (Lipinski definition) is 2. The number of aryl methyl sites for hydroxylation is 1. The Labute approximate surface area is 127 Å². The summed E-state index contributed by atoms with van der Waals surface area (Å²) in [6.07, 6.45) is 0.435. The number of carbonyl (C=O) groups is 1. The molecule has 0 atom stereocenters. The van der Waals surface area contributed by atoms with Crippen molar-refractivity contribution < 1.29 is 4.79 Å². The average Bonchev–Trinajstić information content (AvgIpc) is 2.41. The van der Waals surface area contributed by atoms with Crippen molar-refractivity contribution in [1.29, 1.82) is 0 Å². The minimum atomic E-state index is 0.153. The van der Waals surface area contributed by atoms with Crippen LogP contribution in [0.25, 0.3) is 0 Å². The molecule has 2 aromatic rings. The van der Waals surface area contributed by atoms with Crippen molar-refractivity contribution in [2.75, 3.05) is 0 Å². The molecule has 3 heteroatoms. The molecule has 0 saturated carbocycles. The fraction of sp³-hybridized carbons (Fsp3) is 0.176. The second kappa shape index (κ2) is 6.64. The number of hydrogen-bond donors (Lipinski definition) is 0. The van der Waals surface area contributed by atoms with Crippen LogP contribution in [0.1, 0.15) is 23.6 Å². The normalized spacial score (nSPS) is 11.4. The van der Waals surface area contributed by atoms with Crippen LogP contribution < -0.4 is 0 Å². The van der Waals surface area contributed by atoms with Crippen molar-refractivity contribution in [3.63, 3.8) is 0 Å². The molecular formula is C17H16NOSe. The van der Waals surface area contributed by atoms with Crippen LogP contribution in [0.15, 0.2) is 53.5 Å². The summed E-state index contributed by atoms with van der Waals surface area (Å²) < 4.78 is 0.811. The second-order valence-corrected chi connectivity index (χ2v) is 5.60. The molecule has 0 heterocycles. The van der Waals surface area contributed by atoms with E-state index < -0.39 is 0 Å². The van der Waals surface area contributed by atoms with Gasteiger partial charge < -0.3 is 0 Å². The van der Waals surface area contributed by atoms with E-state index in [1.165, 1.54) is 5.56 Å². The van der Waals surface area contributed by atoms with E-state index in [1.54, 1.807) is 6.92 Å². The molecule has 20 heavy (non-hydrogen) atoms. The topological polar surface area (TPSA) is 29.4 Å². The molecule has 0 fully saturated rings. The molecule has 0 saturated heterocycles. The van der Waals surface area contributed by atoms with Gasteiger partial charge in [0.05, 0.1) is 0 Å². The van der Waals surface area contributed by atoms with Crippen LogP contribution in [0.5, 0.6) is 0 Å². The van der Waals surface area contributed by atoms with Gasteiger partial charge in [0.1, 0.15) is 0 Å². The Hall–Kier alpha value is -1.70. The molecule has 0 bridgehead atoms. The van der Waals surface area contributed by atoms with Gasteiger partial charge in [0, 0.05) is 0 Å². The number of aliphatic imine (C=N–C) groups is 1. The molecule has 2 nitrogen and oxygen atoms in total. The van der Waals surface area contributed by atoms with Gasteiger partial charge in [0.2, 0.25) is 0 Å². The summed E-state index contributed by atoms with van der Waals surface area (Å²) in [7, 11) is 0. The number of Topliss-reactive ketones (excluding diaryl/α,β-unsaturated/α-hetero) is 1. The van der Waals surface area contributed by atoms with Crippen molar-refractivity contribution in [3.8, 4) is 0 Å². The first-order valence-corrected chi connectivity index (χ1v) is 7.32. The van der Waals surface area contributed by atoms with E-state index in [0.29, 0.717) is 6.42 Å². The zero-order valence-corrected chi connectivity index (χ0v) is 13.3. The van der Waals surface area contributed by atoms with E-state index in [1.807, 2.05) is 48.5 Å². The van der Waals surface area contributed by atoms with E-state index in [9.17, 15) is 4.79 Å². The van der Waals surface area contributed by atoms with Gasteiger partial charge in [-0.15, -0.1) is 0 Å². The molecule has 101 valence electrons. The van der Waals surface area contributed by atoms with Crippen LogP contribution in [-0.2, 0) is 11.2 Å². The number of benzene rings is 2. The quantitative estimate of drug-likeness (QED) is 0.625. The summed E-state index contributed by atoms with van der Waals surface area (Å²) >= 11 is 3.01. The molecule has 0 aliphatic heterocycles. The Morgan fingerprint density at radius 1 is 1.10 bits per heavy atom. The van der Waals surface area contributed by atoms with Gasteiger partial charge in [-0.05, 0) is 0 Å². The Bertz CT molecular complexity index is 644. The molecule has 0 aliphatic rings. The van der Waals surface area contributed by atoms with Crippen molar-refractivity contribution in [1.82, 2.24) is 0 Å². The summed E-state index contributed by atoms with van der Waals surface area (Å²) in [5.74, 6) is 0.153. The van der Waals surface area contributed by atoms with Crippen LogP contribution in [0.3, 0.4) is 0 Å². The molecular weight excluding hydrogens is 313 g/mol. The van der Waals surface area contributed by atoms with Crippen LogP contribution in [0.4, 0.5) is 5.69 Å². The summed E-state index contributed by atoms with van der Waals surface area (Å²) in [6, 6.07) is 15.9. The SMILES string of the molecule is CC(=O)Cc1ccccc1C([Se])=Nc1ccc(C)cc1. The third-order valence-corrected chi connectivity index (χ3v) is 3.60. The number of rotatable bonds is 4. The van der Waals surface area contributed by atoms with E-state index in [-0.39, 0.29) is 5.78 Å². The first-order valence-electron chi connectivity index (χ1n) is 6.46. The Morgan fingerprint density at radius 3 is 2.40 bits per heavy atom. The van der Waals surface area contributed by atoms with Gasteiger partial charge >= 0.3 is 127 Å². The Kier molecular flexibility index (Phi) is 4.89. The van der Waals surface area contributed by atoms with E-state index in [4.69, 9.17) is 0 Å². The Balaban J connectivity index is 2.35. The minimum absolute atomic E-state index is 0.153. The van der Waals surface area contributed by atoms with E-state index >= 15 is 0 Å². The van der Waals surface area contributed by atoms with Gasteiger partial charge in [-0.1, -0.05) is 0 Å². The molecule has 0 N–H and O–H groups in total. The van der Waals surface area contributed by atoms with E-state index in [2.05, 4.69) is 27.9 Å². The third kappa shape index (κ3) is 3.89. The van der Waals surface area contributed by atoms with Gasteiger partial charge in [0.15, 0.2) is 0 Å². The number of carbonyl (C=O) groups excluding carboxylic acids is 1. The van der Waals surface area contributed by atoms with Crippen LogP contribution >= 0.6 is 0 Å². The monoisotopic (exact) mass is 330 g/mol. The predicted octanol–water partition coefficient (Wildman–Crippen LogP) is 3.37. The number of nitrogens with zero attached hydrogens (tertiary/aromatic N) is 1.